The average Bonchev–Trinajstić information content (AvgIpc) is 2.89. The van der Waals surface area contributed by atoms with Crippen LogP contribution in [-0.4, -0.2) is 25.6 Å². The van der Waals surface area contributed by atoms with Gasteiger partial charge in [0.25, 0.3) is 5.69 Å². The van der Waals surface area contributed by atoms with Crippen molar-refractivity contribution in [3.63, 3.8) is 0 Å². The van der Waals surface area contributed by atoms with Crippen LogP contribution in [0.4, 0.5) is 11.4 Å². The van der Waals surface area contributed by atoms with Gasteiger partial charge in [-0.15, -0.1) is 5.10 Å². The predicted molar refractivity (Wildman–Crippen MR) is 93.4 cm³/mol. The molecular weight excluding hydrogens is 378 g/mol. The zero-order chi connectivity index (χ0) is 17.1. The highest BCUT2D eigenvalue weighted by Gasteiger charge is 2.13. The number of nitrogens with one attached hydrogen (secondary N) is 1. The largest absolute Gasteiger partial charge is 0.379 e. The number of halogens is 1. The molecule has 0 saturated carbocycles. The molecule has 1 N–H and O–H groups in total. The van der Waals surface area contributed by atoms with E-state index in [0.29, 0.717) is 35.3 Å². The highest BCUT2D eigenvalue weighted by Crippen LogP contribution is 2.27. The lowest BCUT2D eigenvalue weighted by Gasteiger charge is -2.07. The molecule has 0 fully saturated rings. The van der Waals surface area contributed by atoms with Crippen LogP contribution in [0, 0.1) is 10.1 Å². The van der Waals surface area contributed by atoms with Crippen molar-refractivity contribution in [2.24, 2.45) is 0 Å². The summed E-state index contributed by atoms with van der Waals surface area (Å²) in [6.45, 7) is 0.917. The zero-order valence-corrected chi connectivity index (χ0v) is 14.1. The third kappa shape index (κ3) is 3.30. The van der Waals surface area contributed by atoms with Crippen LogP contribution >= 0.6 is 15.9 Å². The molecule has 0 aliphatic heterocycles. The molecule has 24 heavy (non-hydrogen) atoms. The lowest BCUT2D eigenvalue weighted by molar-refractivity contribution is -0.384. The number of hydrogen-bond acceptors (Lipinski definition) is 5. The summed E-state index contributed by atoms with van der Waals surface area (Å²) >= 11 is 3.22. The predicted octanol–water partition coefficient (Wildman–Crippen LogP) is 2.67. The third-order valence-electron chi connectivity index (χ3n) is 3.51. The molecule has 0 bridgehead atoms. The van der Waals surface area contributed by atoms with E-state index in [2.05, 4.69) is 26.3 Å². The Morgan fingerprint density at radius 2 is 2.12 bits per heavy atom. The molecule has 0 amide bonds. The molecule has 2 heterocycles. The van der Waals surface area contributed by atoms with Gasteiger partial charge in [-0.05, 0) is 30.7 Å². The van der Waals surface area contributed by atoms with Crippen LogP contribution in [0.15, 0.2) is 51.9 Å². The van der Waals surface area contributed by atoms with E-state index in [-0.39, 0.29) is 11.4 Å². The Labute approximate surface area is 145 Å². The molecule has 9 heteroatoms. The molecule has 2 aromatic heterocycles. The average molecular weight is 392 g/mol. The molecule has 8 nitrogen and oxygen atoms in total. The van der Waals surface area contributed by atoms with Crippen molar-refractivity contribution in [2.45, 2.75) is 13.0 Å². The number of nitrogens with zero attached hydrogens (tertiary/aromatic N) is 4. The second-order valence-corrected chi connectivity index (χ2v) is 6.05. The van der Waals surface area contributed by atoms with Crippen molar-refractivity contribution in [3.8, 4) is 0 Å². The maximum atomic E-state index is 12.1. The maximum absolute atomic E-state index is 12.1. The summed E-state index contributed by atoms with van der Waals surface area (Å²) in [6.07, 6.45) is 2.28. The summed E-state index contributed by atoms with van der Waals surface area (Å²) in [7, 11) is 0. The maximum Gasteiger partial charge on any atom is 0.350 e. The van der Waals surface area contributed by atoms with E-state index >= 15 is 0 Å². The fourth-order valence-electron chi connectivity index (χ4n) is 2.37. The first-order valence-electron chi connectivity index (χ1n) is 7.28. The fraction of sp³-hybridized carbons (Fsp3) is 0.200. The summed E-state index contributed by atoms with van der Waals surface area (Å²) in [5.41, 5.74) is 0.860. The Hall–Kier alpha value is -2.68. The van der Waals surface area contributed by atoms with Crippen molar-refractivity contribution in [2.75, 3.05) is 11.9 Å². The Bertz CT molecular complexity index is 950. The van der Waals surface area contributed by atoms with Gasteiger partial charge in [0.1, 0.15) is 5.69 Å². The Morgan fingerprint density at radius 3 is 2.88 bits per heavy atom. The number of nitro groups is 1. The van der Waals surface area contributed by atoms with Gasteiger partial charge in [0.05, 0.1) is 4.92 Å². The molecule has 124 valence electrons. The van der Waals surface area contributed by atoms with Crippen molar-refractivity contribution in [1.82, 2.24) is 14.2 Å². The molecule has 0 spiro atoms. The van der Waals surface area contributed by atoms with Gasteiger partial charge in [0.15, 0.2) is 5.65 Å². The zero-order valence-electron chi connectivity index (χ0n) is 12.6. The van der Waals surface area contributed by atoms with Crippen LogP contribution in [0.3, 0.4) is 0 Å². The van der Waals surface area contributed by atoms with E-state index < -0.39 is 4.92 Å². The SMILES string of the molecule is O=c1n(CCCNc2ccc(Br)cc2[N+](=O)[O-])nc2ccccn12. The normalized spacial score (nSPS) is 10.9. The molecule has 0 saturated heterocycles. The minimum atomic E-state index is -0.431. The molecular formula is C15H14BrN5O3. The fourth-order valence-corrected chi connectivity index (χ4v) is 2.72. The molecule has 0 unspecified atom stereocenters. The van der Waals surface area contributed by atoms with Crippen LogP contribution in [0.2, 0.25) is 0 Å². The second-order valence-electron chi connectivity index (χ2n) is 5.13. The first-order chi connectivity index (χ1) is 11.6. The molecule has 1 aromatic carbocycles. The van der Waals surface area contributed by atoms with E-state index in [9.17, 15) is 14.9 Å². The smallest absolute Gasteiger partial charge is 0.350 e. The van der Waals surface area contributed by atoms with Crippen LogP contribution in [0.5, 0.6) is 0 Å². The number of nitro benzene ring substituents is 1. The monoisotopic (exact) mass is 391 g/mol. The second kappa shape index (κ2) is 6.83. The van der Waals surface area contributed by atoms with Crippen molar-refractivity contribution in [1.29, 1.82) is 0 Å². The molecule has 3 aromatic rings. The standard InChI is InChI=1S/C15H14BrN5O3/c16-11-5-6-12(13(10-11)21(23)24)17-7-3-9-20-15(22)19-8-2-1-4-14(19)18-20/h1-2,4-6,8,10,17H,3,7,9H2. The van der Waals surface area contributed by atoms with Crippen LogP contribution in [-0.2, 0) is 6.54 Å². The number of benzene rings is 1. The van der Waals surface area contributed by atoms with E-state index in [1.807, 2.05) is 6.07 Å². The minimum Gasteiger partial charge on any atom is -0.379 e. The number of anilines is 1. The number of fused-ring (bicyclic) bond motifs is 1. The van der Waals surface area contributed by atoms with E-state index in [1.165, 1.54) is 15.1 Å². The first-order valence-corrected chi connectivity index (χ1v) is 8.07. The molecule has 0 aliphatic rings. The van der Waals surface area contributed by atoms with Crippen molar-refractivity contribution >= 4 is 33.0 Å². The lowest BCUT2D eigenvalue weighted by Crippen LogP contribution is -2.22. The van der Waals surface area contributed by atoms with Gasteiger partial charge in [-0.25, -0.2) is 9.48 Å². The highest BCUT2D eigenvalue weighted by molar-refractivity contribution is 9.10. The molecule has 0 atom stereocenters. The lowest BCUT2D eigenvalue weighted by atomic mass is 10.2. The van der Waals surface area contributed by atoms with Crippen molar-refractivity contribution in [3.05, 3.63) is 67.7 Å². The van der Waals surface area contributed by atoms with Crippen LogP contribution < -0.4 is 11.0 Å². The molecule has 3 rings (SSSR count). The number of pyridine rings is 1. The van der Waals surface area contributed by atoms with E-state index in [0.717, 1.165) is 0 Å². The van der Waals surface area contributed by atoms with Gasteiger partial charge < -0.3 is 5.32 Å². The highest BCUT2D eigenvalue weighted by atomic mass is 79.9. The Morgan fingerprint density at radius 1 is 1.29 bits per heavy atom. The number of aryl methyl sites for hydroxylation is 1. The van der Waals surface area contributed by atoms with Gasteiger partial charge in [0, 0.05) is 29.8 Å². The van der Waals surface area contributed by atoms with Crippen LogP contribution in [0.25, 0.3) is 5.65 Å². The summed E-state index contributed by atoms with van der Waals surface area (Å²) in [5.74, 6) is 0. The molecule has 0 aliphatic carbocycles. The summed E-state index contributed by atoms with van der Waals surface area (Å²) in [6, 6.07) is 10.2. The Kier molecular flexibility index (Phi) is 4.61. The first kappa shape index (κ1) is 16.2. The quantitative estimate of drug-likeness (QED) is 0.396. The third-order valence-corrected chi connectivity index (χ3v) is 4.00. The van der Waals surface area contributed by atoms with Gasteiger partial charge in [-0.3, -0.25) is 14.5 Å². The molecule has 0 radical (unpaired) electrons. The minimum absolute atomic E-state index is 0.00859. The number of aromatic nitrogens is 3. The number of hydrogen-bond donors (Lipinski definition) is 1. The summed E-state index contributed by atoms with van der Waals surface area (Å²) in [4.78, 5) is 22.7. The van der Waals surface area contributed by atoms with Crippen molar-refractivity contribution < 1.29 is 4.92 Å². The van der Waals surface area contributed by atoms with Gasteiger partial charge in [-0.1, -0.05) is 22.0 Å². The van der Waals surface area contributed by atoms with E-state index in [1.54, 1.807) is 30.5 Å². The summed E-state index contributed by atoms with van der Waals surface area (Å²) < 4.78 is 3.52. The Balaban J connectivity index is 1.64. The van der Waals surface area contributed by atoms with Gasteiger partial charge in [-0.2, -0.15) is 0 Å². The van der Waals surface area contributed by atoms with Gasteiger partial charge in [0.2, 0.25) is 0 Å². The van der Waals surface area contributed by atoms with Gasteiger partial charge >= 0.3 is 5.69 Å². The van der Waals surface area contributed by atoms with Crippen LogP contribution in [0.1, 0.15) is 6.42 Å². The summed E-state index contributed by atoms with van der Waals surface area (Å²) in [5, 5.41) is 18.3. The topological polar surface area (TPSA) is 94.5 Å². The number of rotatable bonds is 6. The van der Waals surface area contributed by atoms with E-state index in [4.69, 9.17) is 0 Å².